The lowest BCUT2D eigenvalue weighted by Crippen LogP contribution is -2.61. The Balaban J connectivity index is 2.59. The number of aliphatic hydroxyl groups excluding tert-OH is 5. The van der Waals surface area contributed by atoms with Crippen LogP contribution in [0.1, 0.15) is 335 Å². The van der Waals surface area contributed by atoms with E-state index in [1.165, 1.54) is 225 Å². The lowest BCUT2D eigenvalue weighted by atomic mass is 9.99. The number of carbonyl (C=O) groups excluding carboxylic acids is 2. The highest BCUT2D eigenvalue weighted by molar-refractivity contribution is 5.80. The average Bonchev–Trinajstić information content (AvgIpc) is 3.53. The van der Waals surface area contributed by atoms with E-state index in [1.807, 2.05) is 6.08 Å². The molecule has 1 fully saturated rings. The van der Waals surface area contributed by atoms with Gasteiger partial charge in [0.2, 0.25) is 5.91 Å². The van der Waals surface area contributed by atoms with Crippen molar-refractivity contribution in [2.45, 2.75) is 384 Å². The van der Waals surface area contributed by atoms with Crippen molar-refractivity contribution in [3.8, 4) is 0 Å². The lowest BCUT2D eigenvalue weighted by Gasteiger charge is -2.41. The summed E-state index contributed by atoms with van der Waals surface area (Å²) in [6.07, 6.45) is 60.3. The standard InChI is InChI=1S/C70H131NO10/c1-4-7-10-13-16-19-22-25-27-29-30-31-32-33-34-35-37-40-43-46-49-52-55-58-65(75)81-68-67(77)66(76)64(59-72)80-70(68)79-60-61(62(73)56-53-50-47-44-41-38-24-21-18-15-12-9-6-3)71-69(78)63(74)57-54-51-48-45-42-39-36-28-26-23-20-17-14-11-8-5-2/h16,19,25,27,53,56,61-64,66-68,70,72-74,76-77H,4-15,17-18,20-24,26,28-52,54-55,57-60H2,1-3H3,(H,71,78)/b19-16-,27-25-,56-53+. The fourth-order valence-corrected chi connectivity index (χ4v) is 11.0. The van der Waals surface area contributed by atoms with E-state index in [0.717, 1.165) is 64.2 Å². The number of esters is 1. The maximum absolute atomic E-state index is 13.5. The van der Waals surface area contributed by atoms with Gasteiger partial charge in [-0.25, -0.2) is 0 Å². The zero-order valence-corrected chi connectivity index (χ0v) is 52.9. The van der Waals surface area contributed by atoms with Gasteiger partial charge in [-0.1, -0.05) is 308 Å². The second-order valence-electron chi connectivity index (χ2n) is 24.3. The summed E-state index contributed by atoms with van der Waals surface area (Å²) in [5, 5.41) is 57.2. The third kappa shape index (κ3) is 45.9. The molecule has 1 heterocycles. The SMILES string of the molecule is CCCCC/C=C\C/C=C\CCCCCCCCCCCCCCCC(=O)OC1C(OCC(NC(=O)C(O)CCCCCCCCCCCCCCCCCC)C(O)/C=C/CCCCCCCCCCCCC)OC(CO)C(O)C1O. The number of aliphatic hydroxyl groups is 5. The Bertz CT molecular complexity index is 1460. The molecule has 81 heavy (non-hydrogen) atoms. The molecule has 0 spiro atoms. The van der Waals surface area contributed by atoms with Gasteiger partial charge in [0.15, 0.2) is 12.4 Å². The zero-order chi connectivity index (χ0) is 58.9. The summed E-state index contributed by atoms with van der Waals surface area (Å²) in [5.41, 5.74) is 0. The van der Waals surface area contributed by atoms with Crippen molar-refractivity contribution < 1.29 is 49.3 Å². The van der Waals surface area contributed by atoms with Gasteiger partial charge in [0, 0.05) is 6.42 Å². The van der Waals surface area contributed by atoms with E-state index < -0.39 is 67.4 Å². The molecule has 1 aliphatic heterocycles. The van der Waals surface area contributed by atoms with Gasteiger partial charge >= 0.3 is 5.97 Å². The van der Waals surface area contributed by atoms with Crippen molar-refractivity contribution in [1.82, 2.24) is 5.32 Å². The maximum Gasteiger partial charge on any atom is 0.306 e. The normalized spacial score (nSPS) is 18.8. The number of hydrogen-bond donors (Lipinski definition) is 6. The Morgan fingerprint density at radius 3 is 1.28 bits per heavy atom. The lowest BCUT2D eigenvalue weighted by molar-refractivity contribution is -0.305. The van der Waals surface area contributed by atoms with Gasteiger partial charge in [-0.15, -0.1) is 0 Å². The predicted molar refractivity (Wildman–Crippen MR) is 338 cm³/mol. The number of amides is 1. The number of nitrogens with one attached hydrogen (secondary N) is 1. The highest BCUT2D eigenvalue weighted by Gasteiger charge is 2.47. The van der Waals surface area contributed by atoms with E-state index in [2.05, 4.69) is 50.4 Å². The summed E-state index contributed by atoms with van der Waals surface area (Å²) >= 11 is 0. The summed E-state index contributed by atoms with van der Waals surface area (Å²) in [5.74, 6) is -1.18. The van der Waals surface area contributed by atoms with Crippen LogP contribution in [0.3, 0.4) is 0 Å². The third-order valence-corrected chi connectivity index (χ3v) is 16.5. The first-order valence-electron chi connectivity index (χ1n) is 34.8. The Hall–Kier alpha value is -2.12. The minimum absolute atomic E-state index is 0.126. The first-order chi connectivity index (χ1) is 39.7. The highest BCUT2D eigenvalue weighted by Crippen LogP contribution is 2.26. The zero-order valence-electron chi connectivity index (χ0n) is 52.9. The monoisotopic (exact) mass is 1150 g/mol. The molecule has 476 valence electrons. The number of ether oxygens (including phenoxy) is 3. The highest BCUT2D eigenvalue weighted by atomic mass is 16.7. The summed E-state index contributed by atoms with van der Waals surface area (Å²) < 4.78 is 17.7. The molecule has 0 radical (unpaired) electrons. The molecule has 6 N–H and O–H groups in total. The summed E-state index contributed by atoms with van der Waals surface area (Å²) in [4.78, 5) is 26.6. The van der Waals surface area contributed by atoms with Gasteiger partial charge in [-0.05, 0) is 57.8 Å². The molecule has 8 atom stereocenters. The predicted octanol–water partition coefficient (Wildman–Crippen LogP) is 17.4. The Morgan fingerprint density at radius 2 is 0.852 bits per heavy atom. The van der Waals surface area contributed by atoms with E-state index in [0.29, 0.717) is 19.3 Å². The van der Waals surface area contributed by atoms with E-state index >= 15 is 0 Å². The second kappa shape index (κ2) is 58.3. The quantitative estimate of drug-likeness (QED) is 0.0195. The van der Waals surface area contributed by atoms with Crippen molar-refractivity contribution in [3.05, 3.63) is 36.5 Å². The van der Waals surface area contributed by atoms with Crippen LogP contribution < -0.4 is 5.32 Å². The van der Waals surface area contributed by atoms with Crippen molar-refractivity contribution in [2.24, 2.45) is 0 Å². The molecule has 11 heteroatoms. The van der Waals surface area contributed by atoms with Crippen LogP contribution >= 0.6 is 0 Å². The van der Waals surface area contributed by atoms with Gasteiger partial charge in [0.25, 0.3) is 0 Å². The molecular weight excluding hydrogens is 1010 g/mol. The molecule has 0 aromatic carbocycles. The topological polar surface area (TPSA) is 175 Å². The van der Waals surface area contributed by atoms with Gasteiger partial charge < -0.3 is 45.1 Å². The fraction of sp³-hybridized carbons (Fsp3) is 0.886. The third-order valence-electron chi connectivity index (χ3n) is 16.5. The number of rotatable bonds is 60. The van der Waals surface area contributed by atoms with Gasteiger partial charge in [-0.3, -0.25) is 9.59 Å². The smallest absolute Gasteiger partial charge is 0.306 e. The van der Waals surface area contributed by atoms with Crippen molar-refractivity contribution in [1.29, 1.82) is 0 Å². The minimum Gasteiger partial charge on any atom is -0.454 e. The molecule has 0 aliphatic carbocycles. The Kier molecular flexibility index (Phi) is 55.3. The first kappa shape index (κ1) is 76.9. The van der Waals surface area contributed by atoms with Crippen molar-refractivity contribution in [3.63, 3.8) is 0 Å². The molecule has 0 bridgehead atoms. The minimum atomic E-state index is -1.61. The van der Waals surface area contributed by atoms with Crippen molar-refractivity contribution >= 4 is 11.9 Å². The van der Waals surface area contributed by atoms with Gasteiger partial charge in [0.1, 0.15) is 24.4 Å². The van der Waals surface area contributed by atoms with Crippen LogP contribution in [0.4, 0.5) is 0 Å². The molecule has 1 rings (SSSR count). The summed E-state index contributed by atoms with van der Waals surface area (Å²) in [6, 6.07) is -1.02. The van der Waals surface area contributed by atoms with E-state index in [1.54, 1.807) is 6.08 Å². The molecule has 1 aliphatic rings. The summed E-state index contributed by atoms with van der Waals surface area (Å²) in [7, 11) is 0. The van der Waals surface area contributed by atoms with Crippen LogP contribution in [0.25, 0.3) is 0 Å². The van der Waals surface area contributed by atoms with Gasteiger partial charge in [-0.2, -0.15) is 0 Å². The molecule has 0 saturated carbocycles. The molecule has 1 amide bonds. The molecular formula is C70H131NO10. The summed E-state index contributed by atoms with van der Waals surface area (Å²) in [6.45, 7) is 5.82. The van der Waals surface area contributed by atoms with Crippen LogP contribution in [0.5, 0.6) is 0 Å². The van der Waals surface area contributed by atoms with Crippen LogP contribution in [-0.4, -0.2) is 99.6 Å². The molecule has 1 saturated heterocycles. The van der Waals surface area contributed by atoms with E-state index in [9.17, 15) is 35.1 Å². The van der Waals surface area contributed by atoms with Crippen molar-refractivity contribution in [2.75, 3.05) is 13.2 Å². The number of carbonyl (C=O) groups is 2. The van der Waals surface area contributed by atoms with Gasteiger partial charge in [0.05, 0.1) is 25.4 Å². The number of hydrogen-bond acceptors (Lipinski definition) is 10. The number of allylic oxidation sites excluding steroid dienone is 5. The Labute approximate surface area is 498 Å². The second-order valence-corrected chi connectivity index (χ2v) is 24.3. The first-order valence-corrected chi connectivity index (χ1v) is 34.8. The Morgan fingerprint density at radius 1 is 0.481 bits per heavy atom. The van der Waals surface area contributed by atoms with Crippen LogP contribution in [0.2, 0.25) is 0 Å². The maximum atomic E-state index is 13.5. The van der Waals surface area contributed by atoms with Crippen LogP contribution in [0.15, 0.2) is 36.5 Å². The van der Waals surface area contributed by atoms with E-state index in [4.69, 9.17) is 14.2 Å². The van der Waals surface area contributed by atoms with E-state index in [-0.39, 0.29) is 13.0 Å². The van der Waals surface area contributed by atoms with Crippen LogP contribution in [-0.2, 0) is 23.8 Å². The molecule has 11 nitrogen and oxygen atoms in total. The largest absolute Gasteiger partial charge is 0.454 e. The molecule has 0 aromatic heterocycles. The number of unbranched alkanes of at least 4 members (excludes halogenated alkanes) is 42. The molecule has 8 unspecified atom stereocenters. The van der Waals surface area contributed by atoms with Crippen LogP contribution in [0, 0.1) is 0 Å². The molecule has 0 aromatic rings. The fourth-order valence-electron chi connectivity index (χ4n) is 11.0. The average molecular weight is 1150 g/mol.